The maximum absolute atomic E-state index is 5.74. The van der Waals surface area contributed by atoms with Gasteiger partial charge in [0.05, 0.1) is 40.0 Å². The summed E-state index contributed by atoms with van der Waals surface area (Å²) in [6, 6.07) is 8.01. The van der Waals surface area contributed by atoms with Crippen LogP contribution in [-0.4, -0.2) is 72.8 Å². The molecule has 1 fully saturated rings. The van der Waals surface area contributed by atoms with Crippen LogP contribution in [0.2, 0.25) is 0 Å². The third-order valence-electron chi connectivity index (χ3n) is 5.53. The number of hydrogen-bond donors (Lipinski definition) is 1. The minimum atomic E-state index is 0.488. The number of benzene rings is 1. The van der Waals surface area contributed by atoms with Crippen molar-refractivity contribution >= 4 is 5.96 Å². The second-order valence-corrected chi connectivity index (χ2v) is 7.73. The molecule has 1 N–H and O–H groups in total. The van der Waals surface area contributed by atoms with Gasteiger partial charge in [-0.15, -0.1) is 10.2 Å². The third-order valence-corrected chi connectivity index (χ3v) is 5.53. The SMILES string of the molecule is COCCOCC1CCN(C(=NCc2ccc(OC)cc2)NCc2nnc(C)n2C)C1. The molecule has 1 aromatic carbocycles. The van der Waals surface area contributed by atoms with Crippen molar-refractivity contribution in [2.24, 2.45) is 18.0 Å². The number of likely N-dealkylation sites (tertiary alicyclic amines) is 1. The molecular formula is C22H34N6O3. The summed E-state index contributed by atoms with van der Waals surface area (Å²) in [7, 11) is 5.34. The van der Waals surface area contributed by atoms with Crippen molar-refractivity contribution < 1.29 is 14.2 Å². The molecule has 170 valence electrons. The van der Waals surface area contributed by atoms with E-state index in [9.17, 15) is 0 Å². The van der Waals surface area contributed by atoms with E-state index in [0.29, 0.717) is 32.2 Å². The summed E-state index contributed by atoms with van der Waals surface area (Å²) in [5, 5.41) is 11.9. The maximum Gasteiger partial charge on any atom is 0.194 e. The van der Waals surface area contributed by atoms with Gasteiger partial charge in [-0.1, -0.05) is 12.1 Å². The summed E-state index contributed by atoms with van der Waals surface area (Å²) in [6.07, 6.45) is 1.08. The van der Waals surface area contributed by atoms with E-state index in [1.807, 2.05) is 42.8 Å². The van der Waals surface area contributed by atoms with E-state index < -0.39 is 0 Å². The molecule has 0 radical (unpaired) electrons. The number of methoxy groups -OCH3 is 2. The van der Waals surface area contributed by atoms with Crippen LogP contribution in [0.15, 0.2) is 29.3 Å². The molecule has 1 aliphatic heterocycles. The number of guanidine groups is 1. The topological polar surface area (TPSA) is 86.0 Å². The normalized spacial score (nSPS) is 16.7. The Morgan fingerprint density at radius 2 is 2.00 bits per heavy atom. The third kappa shape index (κ3) is 6.67. The lowest BCUT2D eigenvalue weighted by Crippen LogP contribution is -2.40. The van der Waals surface area contributed by atoms with Crippen molar-refractivity contribution in [2.45, 2.75) is 26.4 Å². The van der Waals surface area contributed by atoms with Gasteiger partial charge in [-0.05, 0) is 31.0 Å². The average molecular weight is 431 g/mol. The van der Waals surface area contributed by atoms with Crippen LogP contribution >= 0.6 is 0 Å². The van der Waals surface area contributed by atoms with Crippen LogP contribution < -0.4 is 10.1 Å². The first kappa shape index (κ1) is 23.0. The minimum absolute atomic E-state index is 0.488. The summed E-state index contributed by atoms with van der Waals surface area (Å²) < 4.78 is 18.0. The predicted molar refractivity (Wildman–Crippen MR) is 119 cm³/mol. The fourth-order valence-corrected chi connectivity index (χ4v) is 3.48. The van der Waals surface area contributed by atoms with Gasteiger partial charge >= 0.3 is 0 Å². The molecule has 0 amide bonds. The molecule has 3 rings (SSSR count). The molecule has 31 heavy (non-hydrogen) atoms. The first-order chi connectivity index (χ1) is 15.1. The van der Waals surface area contributed by atoms with Crippen molar-refractivity contribution in [2.75, 3.05) is 47.1 Å². The van der Waals surface area contributed by atoms with Crippen molar-refractivity contribution in [3.8, 4) is 5.75 Å². The lowest BCUT2D eigenvalue weighted by Gasteiger charge is -2.22. The Morgan fingerprint density at radius 3 is 2.68 bits per heavy atom. The number of ether oxygens (including phenoxy) is 3. The Bertz CT molecular complexity index is 836. The minimum Gasteiger partial charge on any atom is -0.497 e. The molecule has 9 nitrogen and oxygen atoms in total. The summed E-state index contributed by atoms with van der Waals surface area (Å²) >= 11 is 0. The van der Waals surface area contributed by atoms with E-state index in [0.717, 1.165) is 55.0 Å². The van der Waals surface area contributed by atoms with Crippen molar-refractivity contribution in [1.29, 1.82) is 0 Å². The maximum atomic E-state index is 5.74. The van der Waals surface area contributed by atoms with Gasteiger partial charge < -0.3 is 29.0 Å². The lowest BCUT2D eigenvalue weighted by atomic mass is 10.1. The predicted octanol–water partition coefficient (Wildman–Crippen LogP) is 1.76. The first-order valence-corrected chi connectivity index (χ1v) is 10.7. The highest BCUT2D eigenvalue weighted by molar-refractivity contribution is 5.80. The summed E-state index contributed by atoms with van der Waals surface area (Å²) in [5.41, 5.74) is 1.13. The van der Waals surface area contributed by atoms with Gasteiger partial charge in [0.25, 0.3) is 0 Å². The molecular weight excluding hydrogens is 396 g/mol. The number of hydrogen-bond acceptors (Lipinski definition) is 6. The molecule has 0 spiro atoms. The van der Waals surface area contributed by atoms with Crippen LogP contribution in [0.25, 0.3) is 0 Å². The Balaban J connectivity index is 1.64. The molecule has 0 saturated carbocycles. The van der Waals surface area contributed by atoms with E-state index in [-0.39, 0.29) is 0 Å². The van der Waals surface area contributed by atoms with Crippen molar-refractivity contribution in [1.82, 2.24) is 25.0 Å². The fraction of sp³-hybridized carbons (Fsp3) is 0.591. The number of aliphatic imine (C=N–C) groups is 1. The molecule has 1 aromatic heterocycles. The molecule has 1 saturated heterocycles. The number of aromatic nitrogens is 3. The van der Waals surface area contributed by atoms with E-state index in [2.05, 4.69) is 20.4 Å². The lowest BCUT2D eigenvalue weighted by molar-refractivity contribution is 0.0536. The molecule has 0 aliphatic carbocycles. The zero-order valence-corrected chi connectivity index (χ0v) is 19.0. The summed E-state index contributed by atoms with van der Waals surface area (Å²) in [4.78, 5) is 7.20. The molecule has 2 heterocycles. The van der Waals surface area contributed by atoms with Crippen LogP contribution in [0.4, 0.5) is 0 Å². The van der Waals surface area contributed by atoms with Gasteiger partial charge in [-0.25, -0.2) is 4.99 Å². The highest BCUT2D eigenvalue weighted by Crippen LogP contribution is 2.18. The number of aryl methyl sites for hydroxylation is 1. The van der Waals surface area contributed by atoms with Crippen LogP contribution in [0.3, 0.4) is 0 Å². The average Bonchev–Trinajstić information content (AvgIpc) is 3.39. The van der Waals surface area contributed by atoms with Crippen LogP contribution in [0.5, 0.6) is 5.75 Å². The molecule has 0 bridgehead atoms. The molecule has 9 heteroatoms. The second-order valence-electron chi connectivity index (χ2n) is 7.73. The van der Waals surface area contributed by atoms with Gasteiger partial charge in [0.15, 0.2) is 11.8 Å². The van der Waals surface area contributed by atoms with Gasteiger partial charge in [-0.2, -0.15) is 0 Å². The highest BCUT2D eigenvalue weighted by Gasteiger charge is 2.25. The number of nitrogens with one attached hydrogen (secondary N) is 1. The molecule has 1 aliphatic rings. The van der Waals surface area contributed by atoms with Crippen molar-refractivity contribution in [3.63, 3.8) is 0 Å². The Hall–Kier alpha value is -2.65. The van der Waals surface area contributed by atoms with Crippen molar-refractivity contribution in [3.05, 3.63) is 41.5 Å². The second kappa shape index (κ2) is 11.7. The zero-order chi connectivity index (χ0) is 22.1. The summed E-state index contributed by atoms with van der Waals surface area (Å²) in [6.45, 7) is 6.99. The van der Waals surface area contributed by atoms with Gasteiger partial charge in [0, 0.05) is 33.2 Å². The van der Waals surface area contributed by atoms with Crippen LogP contribution in [0, 0.1) is 12.8 Å². The quantitative estimate of drug-likeness (QED) is 0.349. The van der Waals surface area contributed by atoms with Gasteiger partial charge in [0.2, 0.25) is 0 Å². The van der Waals surface area contributed by atoms with E-state index in [4.69, 9.17) is 19.2 Å². The smallest absolute Gasteiger partial charge is 0.194 e. The first-order valence-electron chi connectivity index (χ1n) is 10.7. The standard InChI is InChI=1S/C22H34N6O3/c1-17-25-26-21(27(17)2)14-24-22(23-13-18-5-7-20(30-4)8-6-18)28-10-9-19(15-28)16-31-12-11-29-3/h5-8,19H,9-16H2,1-4H3,(H,23,24). The Labute approximate surface area is 184 Å². The Kier molecular flexibility index (Phi) is 8.66. The van der Waals surface area contributed by atoms with Gasteiger partial charge in [0.1, 0.15) is 11.6 Å². The van der Waals surface area contributed by atoms with E-state index >= 15 is 0 Å². The van der Waals surface area contributed by atoms with Crippen LogP contribution in [0.1, 0.15) is 23.6 Å². The van der Waals surface area contributed by atoms with E-state index in [1.54, 1.807) is 14.2 Å². The highest BCUT2D eigenvalue weighted by atomic mass is 16.5. The molecule has 1 unspecified atom stereocenters. The number of nitrogens with zero attached hydrogens (tertiary/aromatic N) is 5. The Morgan fingerprint density at radius 1 is 1.19 bits per heavy atom. The van der Waals surface area contributed by atoms with Crippen LogP contribution in [-0.2, 0) is 29.6 Å². The monoisotopic (exact) mass is 430 g/mol. The summed E-state index contributed by atoms with van der Waals surface area (Å²) in [5.74, 6) is 3.99. The van der Waals surface area contributed by atoms with Gasteiger partial charge in [-0.3, -0.25) is 0 Å². The molecule has 1 atom stereocenters. The fourth-order valence-electron chi connectivity index (χ4n) is 3.48. The van der Waals surface area contributed by atoms with E-state index in [1.165, 1.54) is 0 Å². The zero-order valence-electron chi connectivity index (χ0n) is 19.0. The molecule has 2 aromatic rings. The number of rotatable bonds is 10. The largest absolute Gasteiger partial charge is 0.497 e.